The smallest absolute Gasteiger partial charge is 0.307 e. The number of methoxy groups -OCH3 is 2. The summed E-state index contributed by atoms with van der Waals surface area (Å²) < 4.78 is 15.4. The third-order valence-electron chi connectivity index (χ3n) is 6.98. The first-order valence-electron chi connectivity index (χ1n) is 12.0. The number of piperidine rings is 1. The van der Waals surface area contributed by atoms with Crippen molar-refractivity contribution < 1.29 is 38.2 Å². The van der Waals surface area contributed by atoms with Gasteiger partial charge in [-0.1, -0.05) is 13.8 Å². The molecule has 0 aromatic heterocycles. The number of Topliss-reactive ketones (excluding diaryl/α,β-unsaturated/α-hetero) is 1. The lowest BCUT2D eigenvalue weighted by atomic mass is 9.71. The van der Waals surface area contributed by atoms with Gasteiger partial charge in [-0.05, 0) is 44.9 Å². The number of amides is 2. The summed E-state index contributed by atoms with van der Waals surface area (Å²) in [4.78, 5) is 63.4. The minimum Gasteiger partial charge on any atom is -0.469 e. The Morgan fingerprint density at radius 2 is 1.59 bits per heavy atom. The van der Waals surface area contributed by atoms with E-state index in [1.807, 2.05) is 6.92 Å². The fourth-order valence-electron chi connectivity index (χ4n) is 5.37. The van der Waals surface area contributed by atoms with E-state index in [9.17, 15) is 24.0 Å². The molecule has 0 N–H and O–H groups in total. The molecule has 0 aromatic carbocycles. The average molecular weight is 482 g/mol. The maximum atomic E-state index is 13.0. The van der Waals surface area contributed by atoms with Gasteiger partial charge in [-0.3, -0.25) is 28.9 Å². The molecular formula is C25H39NO8. The number of carbonyl (C=O) groups excluding carboxylic acids is 5. The van der Waals surface area contributed by atoms with Gasteiger partial charge in [0.15, 0.2) is 0 Å². The number of ketones is 1. The van der Waals surface area contributed by atoms with Crippen LogP contribution in [0.5, 0.6) is 0 Å². The number of likely N-dealkylation sites (tertiary alicyclic amines) is 1. The normalized spacial score (nSPS) is 25.3. The summed E-state index contributed by atoms with van der Waals surface area (Å²) >= 11 is 0. The van der Waals surface area contributed by atoms with Crippen molar-refractivity contribution in [3.8, 4) is 0 Å². The van der Waals surface area contributed by atoms with Gasteiger partial charge in [-0.15, -0.1) is 0 Å². The van der Waals surface area contributed by atoms with Gasteiger partial charge >= 0.3 is 11.9 Å². The van der Waals surface area contributed by atoms with Crippen LogP contribution in [0.3, 0.4) is 0 Å². The van der Waals surface area contributed by atoms with Gasteiger partial charge in [0.05, 0.1) is 45.3 Å². The molecule has 9 nitrogen and oxygen atoms in total. The van der Waals surface area contributed by atoms with E-state index in [4.69, 9.17) is 9.47 Å². The summed E-state index contributed by atoms with van der Waals surface area (Å²) in [5, 5.41) is 0. The van der Waals surface area contributed by atoms with Crippen LogP contribution in [0.4, 0.5) is 0 Å². The van der Waals surface area contributed by atoms with Crippen LogP contribution < -0.4 is 0 Å². The summed E-state index contributed by atoms with van der Waals surface area (Å²) in [5.41, 5.74) is -0.993. The Balaban J connectivity index is 2.14. The second kappa shape index (κ2) is 11.9. The van der Waals surface area contributed by atoms with E-state index in [2.05, 4.69) is 11.7 Å². The zero-order valence-electron chi connectivity index (χ0n) is 21.3. The lowest BCUT2D eigenvalue weighted by Crippen LogP contribution is -2.55. The first-order chi connectivity index (χ1) is 15.9. The molecule has 192 valence electrons. The van der Waals surface area contributed by atoms with Gasteiger partial charge in [0.1, 0.15) is 5.78 Å². The van der Waals surface area contributed by atoms with E-state index in [1.165, 1.54) is 19.1 Å². The standard InChI is InChI=1S/C25H39NO8/c1-15-9-16(2)24(31)18(10-15)19(34-8-7-22(29)32-5)11-17-12-20(27)26(21(28)13-17)25(3,4)14-23(30)33-6/h15-19H,7-14H2,1-6H3/t15-,16-,18?,19?/m0/s1. The van der Waals surface area contributed by atoms with Crippen molar-refractivity contribution in [1.82, 2.24) is 4.90 Å². The zero-order valence-corrected chi connectivity index (χ0v) is 21.3. The average Bonchev–Trinajstić information content (AvgIpc) is 2.74. The summed E-state index contributed by atoms with van der Waals surface area (Å²) in [6, 6.07) is 0. The Hall–Kier alpha value is -2.29. The Labute approximate surface area is 201 Å². The molecule has 4 atom stereocenters. The topological polar surface area (TPSA) is 116 Å². The SMILES string of the molecule is COC(=O)CCOC(CC1CC(=O)N(C(C)(C)CC(=O)OC)C(=O)C1)C1C[C@@H](C)C[C@H](C)C1=O. The van der Waals surface area contributed by atoms with Gasteiger partial charge < -0.3 is 14.2 Å². The number of hydrogen-bond acceptors (Lipinski definition) is 8. The van der Waals surface area contributed by atoms with E-state index in [1.54, 1.807) is 13.8 Å². The molecule has 2 amide bonds. The highest BCUT2D eigenvalue weighted by atomic mass is 16.5. The molecule has 1 saturated carbocycles. The maximum Gasteiger partial charge on any atom is 0.307 e. The lowest BCUT2D eigenvalue weighted by Gasteiger charge is -2.42. The van der Waals surface area contributed by atoms with Crippen LogP contribution in [-0.2, 0) is 38.2 Å². The minimum atomic E-state index is -0.993. The van der Waals surface area contributed by atoms with Crippen LogP contribution in [0.25, 0.3) is 0 Å². The number of rotatable bonds is 10. The minimum absolute atomic E-state index is 0.0665. The fraction of sp³-hybridized carbons (Fsp3) is 0.800. The molecule has 2 aliphatic rings. The number of carbonyl (C=O) groups is 5. The number of ether oxygens (including phenoxy) is 3. The quantitative estimate of drug-likeness (QED) is 0.345. The summed E-state index contributed by atoms with van der Waals surface area (Å²) in [6.07, 6.45) is 1.63. The Morgan fingerprint density at radius 1 is 1.00 bits per heavy atom. The second-order valence-corrected chi connectivity index (χ2v) is 10.4. The molecular weight excluding hydrogens is 442 g/mol. The van der Waals surface area contributed by atoms with Crippen molar-refractivity contribution in [3.63, 3.8) is 0 Å². The van der Waals surface area contributed by atoms with Crippen LogP contribution in [0.2, 0.25) is 0 Å². The van der Waals surface area contributed by atoms with Crippen LogP contribution in [-0.4, -0.2) is 66.9 Å². The predicted molar refractivity (Wildman–Crippen MR) is 122 cm³/mol. The monoisotopic (exact) mass is 481 g/mol. The van der Waals surface area contributed by atoms with Gasteiger partial charge in [0.2, 0.25) is 11.8 Å². The molecule has 1 aliphatic heterocycles. The highest BCUT2D eigenvalue weighted by Gasteiger charge is 2.45. The van der Waals surface area contributed by atoms with Gasteiger partial charge in [-0.25, -0.2) is 0 Å². The number of hydrogen-bond donors (Lipinski definition) is 0. The van der Waals surface area contributed by atoms with Crippen molar-refractivity contribution >= 4 is 29.5 Å². The highest BCUT2D eigenvalue weighted by molar-refractivity contribution is 5.99. The zero-order chi connectivity index (χ0) is 25.6. The van der Waals surface area contributed by atoms with Crippen molar-refractivity contribution in [2.45, 2.75) is 84.3 Å². The van der Waals surface area contributed by atoms with Crippen LogP contribution in [0.1, 0.15) is 72.6 Å². The first-order valence-corrected chi connectivity index (χ1v) is 12.0. The fourth-order valence-corrected chi connectivity index (χ4v) is 5.37. The molecule has 0 radical (unpaired) electrons. The molecule has 1 heterocycles. The van der Waals surface area contributed by atoms with E-state index in [0.29, 0.717) is 18.8 Å². The Kier molecular flexibility index (Phi) is 9.79. The molecule has 0 spiro atoms. The van der Waals surface area contributed by atoms with Crippen LogP contribution in [0, 0.1) is 23.7 Å². The molecule has 2 unspecified atom stereocenters. The first kappa shape index (κ1) is 28.0. The molecule has 2 rings (SSSR count). The molecule has 9 heteroatoms. The van der Waals surface area contributed by atoms with E-state index in [-0.39, 0.29) is 67.6 Å². The molecule has 34 heavy (non-hydrogen) atoms. The highest BCUT2D eigenvalue weighted by Crippen LogP contribution is 2.38. The Morgan fingerprint density at radius 3 is 2.15 bits per heavy atom. The maximum absolute atomic E-state index is 13.0. The van der Waals surface area contributed by atoms with Crippen molar-refractivity contribution in [1.29, 1.82) is 0 Å². The molecule has 2 fully saturated rings. The Bertz CT molecular complexity index is 774. The predicted octanol–water partition coefficient (Wildman–Crippen LogP) is 2.68. The number of imide groups is 1. The molecule has 1 aliphatic carbocycles. The van der Waals surface area contributed by atoms with Gasteiger partial charge in [0, 0.05) is 24.7 Å². The number of nitrogens with zero attached hydrogens (tertiary/aromatic N) is 1. The van der Waals surface area contributed by atoms with E-state index in [0.717, 1.165) is 6.42 Å². The van der Waals surface area contributed by atoms with Crippen molar-refractivity contribution in [3.05, 3.63) is 0 Å². The third-order valence-corrected chi connectivity index (χ3v) is 6.98. The number of esters is 2. The van der Waals surface area contributed by atoms with Crippen LogP contribution >= 0.6 is 0 Å². The largest absolute Gasteiger partial charge is 0.469 e. The molecule has 1 saturated heterocycles. The summed E-state index contributed by atoms with van der Waals surface area (Å²) in [7, 11) is 2.57. The van der Waals surface area contributed by atoms with Crippen LogP contribution in [0.15, 0.2) is 0 Å². The second-order valence-electron chi connectivity index (χ2n) is 10.4. The molecule has 0 aromatic rings. The van der Waals surface area contributed by atoms with E-state index < -0.39 is 23.6 Å². The van der Waals surface area contributed by atoms with E-state index >= 15 is 0 Å². The van der Waals surface area contributed by atoms with Crippen molar-refractivity contribution in [2.75, 3.05) is 20.8 Å². The summed E-state index contributed by atoms with van der Waals surface area (Å²) in [5.74, 6) is -1.80. The summed E-state index contributed by atoms with van der Waals surface area (Å²) in [6.45, 7) is 7.48. The molecule has 0 bridgehead atoms. The van der Waals surface area contributed by atoms with Gasteiger partial charge in [-0.2, -0.15) is 0 Å². The van der Waals surface area contributed by atoms with Gasteiger partial charge in [0.25, 0.3) is 0 Å². The third kappa shape index (κ3) is 7.10. The lowest BCUT2D eigenvalue weighted by molar-refractivity contribution is -0.159. The van der Waals surface area contributed by atoms with Crippen molar-refractivity contribution in [2.24, 2.45) is 23.7 Å².